The van der Waals surface area contributed by atoms with E-state index >= 15 is 0 Å². The van der Waals surface area contributed by atoms with Crippen LogP contribution in [0.25, 0.3) is 44.2 Å². The van der Waals surface area contributed by atoms with Gasteiger partial charge >= 0.3 is 0 Å². The standard InChI is InChI=1S/C70H58BN5/c1-69(2,3)47-25-24-36-54(43-47)74-61-44-48(70(4,5)6)39-40-57(61)71-58-41-42-60(73(51-30-16-9-17-31-51)52-32-18-10-19-33-52)64-67(58)76(66-56-37-22-23-38-59(56)75(68(64)66)53-34-20-11-21-35-53)63-46-55(45-62(74)65(63)71)72(49-26-12-7-13-27-49)50-28-14-8-15-29-50/h7-46H,1-6H3. The van der Waals surface area contributed by atoms with Crippen LogP contribution in [0.5, 0.6) is 0 Å². The Morgan fingerprint density at radius 1 is 0.355 bits per heavy atom. The number of fused-ring (bicyclic) bond motifs is 9. The number of hydrogen-bond acceptors (Lipinski definition) is 3. The van der Waals surface area contributed by atoms with E-state index in [1.807, 2.05) is 0 Å². The van der Waals surface area contributed by atoms with Crippen molar-refractivity contribution in [3.63, 3.8) is 0 Å². The van der Waals surface area contributed by atoms with Crippen molar-refractivity contribution in [1.29, 1.82) is 0 Å². The summed E-state index contributed by atoms with van der Waals surface area (Å²) in [6.07, 6.45) is 0. The Morgan fingerprint density at radius 2 is 0.868 bits per heavy atom. The first kappa shape index (κ1) is 45.6. The minimum absolute atomic E-state index is 0.0670. The molecule has 2 aliphatic heterocycles. The molecule has 4 heterocycles. The van der Waals surface area contributed by atoms with E-state index in [2.05, 4.69) is 308 Å². The number of hydrogen-bond donors (Lipinski definition) is 0. The van der Waals surface area contributed by atoms with Crippen LogP contribution in [0.3, 0.4) is 0 Å². The lowest BCUT2D eigenvalue weighted by Gasteiger charge is -2.42. The maximum atomic E-state index is 2.67. The van der Waals surface area contributed by atoms with Gasteiger partial charge in [0.1, 0.15) is 0 Å². The third kappa shape index (κ3) is 7.08. The Labute approximate surface area is 446 Å². The Morgan fingerprint density at radius 3 is 1.47 bits per heavy atom. The normalized spacial score (nSPS) is 12.8. The summed E-state index contributed by atoms with van der Waals surface area (Å²) < 4.78 is 5.20. The van der Waals surface area contributed by atoms with Gasteiger partial charge in [0.25, 0.3) is 6.71 Å². The summed E-state index contributed by atoms with van der Waals surface area (Å²) in [5.74, 6) is 0. The van der Waals surface area contributed by atoms with Gasteiger partial charge in [0.15, 0.2) is 0 Å². The van der Waals surface area contributed by atoms with E-state index in [1.165, 1.54) is 71.9 Å². The fraction of sp³-hybridized carbons (Fsp3) is 0.114. The van der Waals surface area contributed by atoms with Crippen LogP contribution in [0.1, 0.15) is 52.7 Å². The lowest BCUT2D eigenvalue weighted by Crippen LogP contribution is -2.60. The van der Waals surface area contributed by atoms with Crippen LogP contribution in [0.2, 0.25) is 0 Å². The van der Waals surface area contributed by atoms with Crippen LogP contribution in [-0.2, 0) is 10.8 Å². The second kappa shape index (κ2) is 17.3. The van der Waals surface area contributed by atoms with Crippen LogP contribution < -0.4 is 31.1 Å². The fourth-order valence-corrected chi connectivity index (χ4v) is 12.4. The van der Waals surface area contributed by atoms with Gasteiger partial charge in [-0.2, -0.15) is 0 Å². The first-order valence-corrected chi connectivity index (χ1v) is 26.7. The van der Waals surface area contributed by atoms with Gasteiger partial charge in [-0.1, -0.05) is 181 Å². The molecule has 0 N–H and O–H groups in total. The van der Waals surface area contributed by atoms with Crippen molar-refractivity contribution in [2.75, 3.05) is 14.7 Å². The van der Waals surface area contributed by atoms with Crippen molar-refractivity contribution >= 4 is 107 Å². The summed E-state index contributed by atoms with van der Waals surface area (Å²) in [4.78, 5) is 7.51. The highest BCUT2D eigenvalue weighted by Gasteiger charge is 2.45. The van der Waals surface area contributed by atoms with Crippen LogP contribution in [0, 0.1) is 0 Å². The molecule has 0 aliphatic carbocycles. The predicted molar refractivity (Wildman–Crippen MR) is 324 cm³/mol. The van der Waals surface area contributed by atoms with Gasteiger partial charge in [-0.3, -0.25) is 0 Å². The molecule has 12 aromatic rings. The summed E-state index contributed by atoms with van der Waals surface area (Å²) in [5, 5.41) is 2.40. The zero-order valence-corrected chi connectivity index (χ0v) is 43.9. The third-order valence-electron chi connectivity index (χ3n) is 15.9. The predicted octanol–water partition coefficient (Wildman–Crippen LogP) is 16.9. The highest BCUT2D eigenvalue weighted by Crippen LogP contribution is 2.51. The Hall–Kier alpha value is -9.00. The maximum Gasteiger partial charge on any atom is 0.252 e. The average Bonchev–Trinajstić information content (AvgIpc) is 3.97. The molecule has 14 rings (SSSR count). The maximum absolute atomic E-state index is 2.67. The number of anilines is 9. The average molecular weight is 980 g/mol. The number of nitrogens with zero attached hydrogens (tertiary/aromatic N) is 5. The monoisotopic (exact) mass is 979 g/mol. The summed E-state index contributed by atoms with van der Waals surface area (Å²) in [5.41, 5.74) is 23.4. The Balaban J connectivity index is 1.21. The lowest BCUT2D eigenvalue weighted by atomic mass is 9.33. The van der Waals surface area contributed by atoms with E-state index in [0.29, 0.717) is 0 Å². The molecule has 2 aromatic heterocycles. The minimum atomic E-state index is -0.103. The lowest BCUT2D eigenvalue weighted by molar-refractivity contribution is 0.590. The molecule has 76 heavy (non-hydrogen) atoms. The van der Waals surface area contributed by atoms with Gasteiger partial charge in [-0.05, 0) is 141 Å². The smallest absolute Gasteiger partial charge is 0.252 e. The SMILES string of the molecule is CC(C)(C)c1cccc(N2c3cc(C(C)(C)C)ccc3B3c4c2cc(N(c2ccccc2)c2ccccc2)cc4-n2c4c3ccc(N(c3ccccc3)c3ccccc3)c4c3c2c2ccccc2n3-c2ccccc2)c1. The van der Waals surface area contributed by atoms with Gasteiger partial charge in [0.2, 0.25) is 0 Å². The largest absolute Gasteiger partial charge is 0.311 e. The molecule has 10 aromatic carbocycles. The van der Waals surface area contributed by atoms with Gasteiger partial charge in [-0.25, -0.2) is 0 Å². The molecule has 0 spiro atoms. The quantitative estimate of drug-likeness (QED) is 0.141. The van der Waals surface area contributed by atoms with Crippen molar-refractivity contribution in [2.24, 2.45) is 0 Å². The van der Waals surface area contributed by atoms with Gasteiger partial charge in [-0.15, -0.1) is 0 Å². The second-order valence-electron chi connectivity index (χ2n) is 22.6. The molecular weight excluding hydrogens is 922 g/mol. The highest BCUT2D eigenvalue weighted by atomic mass is 15.2. The van der Waals surface area contributed by atoms with Gasteiger partial charge < -0.3 is 23.8 Å². The van der Waals surface area contributed by atoms with Crippen molar-refractivity contribution in [2.45, 2.75) is 52.4 Å². The molecule has 0 radical (unpaired) electrons. The number of para-hydroxylation sites is 6. The summed E-state index contributed by atoms with van der Waals surface area (Å²) >= 11 is 0. The van der Waals surface area contributed by atoms with E-state index < -0.39 is 0 Å². The molecule has 0 saturated carbocycles. The zero-order valence-electron chi connectivity index (χ0n) is 43.9. The summed E-state index contributed by atoms with van der Waals surface area (Å²) in [6, 6.07) is 90.1. The van der Waals surface area contributed by atoms with Crippen LogP contribution in [-0.4, -0.2) is 15.8 Å². The van der Waals surface area contributed by atoms with Crippen molar-refractivity contribution in [3.05, 3.63) is 254 Å². The molecule has 6 heteroatoms. The highest BCUT2D eigenvalue weighted by molar-refractivity contribution is 7.00. The van der Waals surface area contributed by atoms with Crippen LogP contribution in [0.4, 0.5) is 51.2 Å². The number of aromatic nitrogens is 2. The summed E-state index contributed by atoms with van der Waals surface area (Å²) in [7, 11) is 0. The van der Waals surface area contributed by atoms with Gasteiger partial charge in [0.05, 0.1) is 33.4 Å². The molecule has 2 aliphatic rings. The molecule has 5 nitrogen and oxygen atoms in total. The van der Waals surface area contributed by atoms with Crippen LogP contribution >= 0.6 is 0 Å². The number of rotatable bonds is 8. The van der Waals surface area contributed by atoms with Crippen molar-refractivity contribution in [1.82, 2.24) is 9.13 Å². The first-order chi connectivity index (χ1) is 37.0. The molecule has 0 atom stereocenters. The summed E-state index contributed by atoms with van der Waals surface area (Å²) in [6.45, 7) is 13.9. The molecular formula is C70H58BN5. The molecule has 366 valence electrons. The molecule has 0 unspecified atom stereocenters. The fourth-order valence-electron chi connectivity index (χ4n) is 12.4. The van der Waals surface area contributed by atoms with E-state index in [9.17, 15) is 0 Å². The van der Waals surface area contributed by atoms with Crippen LogP contribution in [0.15, 0.2) is 243 Å². The van der Waals surface area contributed by atoms with Gasteiger partial charge in [0, 0.05) is 62.0 Å². The number of benzene rings is 10. The first-order valence-electron chi connectivity index (χ1n) is 26.7. The molecule has 0 bridgehead atoms. The zero-order chi connectivity index (χ0) is 51.5. The van der Waals surface area contributed by atoms with E-state index in [0.717, 1.165) is 51.0 Å². The van der Waals surface area contributed by atoms with Crippen molar-refractivity contribution < 1.29 is 0 Å². The van der Waals surface area contributed by atoms with Crippen molar-refractivity contribution in [3.8, 4) is 11.4 Å². The second-order valence-corrected chi connectivity index (χ2v) is 22.6. The van der Waals surface area contributed by atoms with E-state index in [-0.39, 0.29) is 17.5 Å². The topological polar surface area (TPSA) is 19.6 Å². The molecule has 0 amide bonds. The Bertz CT molecular complexity index is 4110. The minimum Gasteiger partial charge on any atom is -0.311 e. The van der Waals surface area contributed by atoms with E-state index in [1.54, 1.807) is 0 Å². The Kier molecular flexibility index (Phi) is 10.4. The molecule has 0 saturated heterocycles. The molecule has 0 fully saturated rings. The van der Waals surface area contributed by atoms with E-state index in [4.69, 9.17) is 0 Å². The third-order valence-corrected chi connectivity index (χ3v) is 15.9.